The van der Waals surface area contributed by atoms with E-state index in [1.165, 1.54) is 35.9 Å². The first kappa shape index (κ1) is 21.1. The highest BCUT2D eigenvalue weighted by atomic mass is 32.2. The van der Waals surface area contributed by atoms with E-state index in [0.29, 0.717) is 28.3 Å². The fourth-order valence-electron chi connectivity index (χ4n) is 3.41. The van der Waals surface area contributed by atoms with Gasteiger partial charge in [-0.25, -0.2) is 22.6 Å². The Morgan fingerprint density at radius 2 is 2.03 bits per heavy atom. The lowest BCUT2D eigenvalue weighted by atomic mass is 10.1. The predicted octanol–water partition coefficient (Wildman–Crippen LogP) is 1.27. The number of anilines is 1. The van der Waals surface area contributed by atoms with Crippen molar-refractivity contribution < 1.29 is 17.9 Å². The van der Waals surface area contributed by atoms with Crippen molar-refractivity contribution in [3.8, 4) is 5.75 Å². The quantitative estimate of drug-likeness (QED) is 0.501. The van der Waals surface area contributed by atoms with Gasteiger partial charge in [0.1, 0.15) is 5.75 Å². The highest BCUT2D eigenvalue weighted by Crippen LogP contribution is 2.29. The van der Waals surface area contributed by atoms with Crippen LogP contribution in [0.3, 0.4) is 0 Å². The predicted molar refractivity (Wildman–Crippen MR) is 114 cm³/mol. The minimum absolute atomic E-state index is 0.0126. The first-order valence-electron chi connectivity index (χ1n) is 9.76. The number of carbonyl (C=O) groups is 1. The summed E-state index contributed by atoms with van der Waals surface area (Å²) in [6.45, 7) is 3.56. The molecule has 1 fully saturated rings. The first-order chi connectivity index (χ1) is 14.7. The lowest BCUT2D eigenvalue weighted by Crippen LogP contribution is -2.26. The van der Waals surface area contributed by atoms with Crippen LogP contribution < -0.4 is 20.3 Å². The Labute approximate surface area is 178 Å². The van der Waals surface area contributed by atoms with E-state index in [4.69, 9.17) is 4.74 Å². The van der Waals surface area contributed by atoms with Gasteiger partial charge in [-0.1, -0.05) is 0 Å². The number of fused-ring (bicyclic) bond motifs is 1. The number of H-pyrrole nitrogens is 1. The van der Waals surface area contributed by atoms with Gasteiger partial charge >= 0.3 is 0 Å². The average molecular weight is 446 g/mol. The van der Waals surface area contributed by atoms with Crippen LogP contribution >= 0.6 is 0 Å². The Morgan fingerprint density at radius 1 is 1.29 bits per heavy atom. The van der Waals surface area contributed by atoms with E-state index in [1.807, 2.05) is 0 Å². The summed E-state index contributed by atoms with van der Waals surface area (Å²) in [6, 6.07) is 5.68. The lowest BCUT2D eigenvalue weighted by Gasteiger charge is -2.14. The summed E-state index contributed by atoms with van der Waals surface area (Å²) in [4.78, 5) is 28.8. The largest absolute Gasteiger partial charge is 0.495 e. The number of aryl methyl sites for hydroxylation is 2. The van der Waals surface area contributed by atoms with E-state index < -0.39 is 10.0 Å². The molecule has 0 spiro atoms. The van der Waals surface area contributed by atoms with Crippen LogP contribution in [0.1, 0.15) is 29.8 Å². The Hall–Kier alpha value is -3.18. The Kier molecular flexibility index (Phi) is 5.31. The molecule has 11 heteroatoms. The number of aromatic nitrogens is 3. The molecule has 4 rings (SSSR count). The number of rotatable bonds is 7. The van der Waals surface area contributed by atoms with Crippen LogP contribution in [0.2, 0.25) is 0 Å². The number of methoxy groups -OCH3 is 1. The van der Waals surface area contributed by atoms with E-state index in [1.54, 1.807) is 13.8 Å². The van der Waals surface area contributed by atoms with Crippen molar-refractivity contribution in [2.75, 3.05) is 12.4 Å². The third kappa shape index (κ3) is 4.32. The normalized spacial score (nSPS) is 14.0. The molecular formula is C20H23N5O5S. The molecule has 0 aliphatic heterocycles. The highest BCUT2D eigenvalue weighted by Gasteiger charge is 2.28. The second kappa shape index (κ2) is 7.82. The molecule has 0 atom stereocenters. The molecule has 164 valence electrons. The Morgan fingerprint density at radius 3 is 2.71 bits per heavy atom. The van der Waals surface area contributed by atoms with Gasteiger partial charge in [0.15, 0.2) is 5.65 Å². The molecule has 2 aromatic heterocycles. The maximum Gasteiger partial charge on any atom is 0.266 e. The van der Waals surface area contributed by atoms with Crippen LogP contribution in [0.15, 0.2) is 34.0 Å². The smallest absolute Gasteiger partial charge is 0.266 e. The molecule has 0 radical (unpaired) electrons. The molecule has 3 N–H and O–H groups in total. The van der Waals surface area contributed by atoms with E-state index in [9.17, 15) is 18.0 Å². The van der Waals surface area contributed by atoms with Gasteiger partial charge in [0.25, 0.3) is 5.56 Å². The SMILES string of the molecule is COc1ccc(S(=O)(=O)NC2CC2)cc1NC(=O)Cc1c(C)nc2cc(=O)[nH]n2c1C. The summed E-state index contributed by atoms with van der Waals surface area (Å²) in [6.07, 6.45) is 1.63. The van der Waals surface area contributed by atoms with Gasteiger partial charge in [-0.2, -0.15) is 0 Å². The number of sulfonamides is 1. The van der Waals surface area contributed by atoms with Crippen molar-refractivity contribution in [3.63, 3.8) is 0 Å². The second-order valence-electron chi connectivity index (χ2n) is 7.56. The van der Waals surface area contributed by atoms with Crippen molar-refractivity contribution in [3.05, 3.63) is 51.6 Å². The maximum absolute atomic E-state index is 12.8. The van der Waals surface area contributed by atoms with Crippen LogP contribution in [0.4, 0.5) is 5.69 Å². The molecule has 10 nitrogen and oxygen atoms in total. The summed E-state index contributed by atoms with van der Waals surface area (Å²) in [5, 5.41) is 5.39. The molecule has 1 aliphatic carbocycles. The molecule has 0 bridgehead atoms. The molecule has 3 aromatic rings. The van der Waals surface area contributed by atoms with E-state index in [-0.39, 0.29) is 34.5 Å². The summed E-state index contributed by atoms with van der Waals surface area (Å²) >= 11 is 0. The van der Waals surface area contributed by atoms with Crippen LogP contribution in [-0.2, 0) is 21.2 Å². The number of nitrogens with one attached hydrogen (secondary N) is 3. The maximum atomic E-state index is 12.8. The Bertz CT molecular complexity index is 1340. The van der Waals surface area contributed by atoms with Gasteiger partial charge in [0, 0.05) is 29.1 Å². The number of benzene rings is 1. The number of hydrogen-bond acceptors (Lipinski definition) is 6. The van der Waals surface area contributed by atoms with Crippen molar-refractivity contribution >= 4 is 27.3 Å². The number of hydrogen-bond donors (Lipinski definition) is 3. The second-order valence-corrected chi connectivity index (χ2v) is 9.27. The fourth-order valence-corrected chi connectivity index (χ4v) is 4.74. The first-order valence-corrected chi connectivity index (χ1v) is 11.2. The molecule has 1 aromatic carbocycles. The molecule has 1 saturated carbocycles. The zero-order valence-corrected chi connectivity index (χ0v) is 18.2. The third-order valence-electron chi connectivity index (χ3n) is 5.19. The fraction of sp³-hybridized carbons (Fsp3) is 0.350. The summed E-state index contributed by atoms with van der Waals surface area (Å²) in [7, 11) is -2.24. The van der Waals surface area contributed by atoms with Crippen molar-refractivity contribution in [1.82, 2.24) is 19.3 Å². The van der Waals surface area contributed by atoms with Crippen LogP contribution in [0, 0.1) is 13.8 Å². The summed E-state index contributed by atoms with van der Waals surface area (Å²) < 4.78 is 34.5. The standard InChI is InChI=1S/C20H23N5O5S/c1-11-15(12(2)25-18(21-11)10-20(27)23-25)9-19(26)22-16-8-14(6-7-17(16)30-3)31(28,29)24-13-4-5-13/h6-8,10,13,24H,4-5,9H2,1-3H3,(H,22,26)(H,23,27). The van der Waals surface area contributed by atoms with E-state index in [0.717, 1.165) is 12.8 Å². The van der Waals surface area contributed by atoms with Crippen molar-refractivity contribution in [2.45, 2.75) is 44.0 Å². The van der Waals surface area contributed by atoms with Crippen LogP contribution in [0.25, 0.3) is 5.65 Å². The van der Waals surface area contributed by atoms with Gasteiger partial charge in [0.05, 0.1) is 24.1 Å². The topological polar surface area (TPSA) is 135 Å². The zero-order chi connectivity index (χ0) is 22.3. The number of carbonyl (C=O) groups excluding carboxylic acids is 1. The number of amides is 1. The van der Waals surface area contributed by atoms with Gasteiger partial charge in [-0.15, -0.1) is 0 Å². The van der Waals surface area contributed by atoms with Gasteiger partial charge < -0.3 is 10.1 Å². The van der Waals surface area contributed by atoms with Gasteiger partial charge in [0.2, 0.25) is 15.9 Å². The molecular weight excluding hydrogens is 422 g/mol. The van der Waals surface area contributed by atoms with Gasteiger partial charge in [-0.3, -0.25) is 14.7 Å². The summed E-state index contributed by atoms with van der Waals surface area (Å²) in [5.74, 6) is -0.0275. The van der Waals surface area contributed by atoms with Crippen LogP contribution in [0.5, 0.6) is 5.75 Å². The zero-order valence-electron chi connectivity index (χ0n) is 17.4. The monoisotopic (exact) mass is 445 g/mol. The van der Waals surface area contributed by atoms with E-state index >= 15 is 0 Å². The third-order valence-corrected chi connectivity index (χ3v) is 6.71. The number of nitrogens with zero attached hydrogens (tertiary/aromatic N) is 2. The van der Waals surface area contributed by atoms with E-state index in [2.05, 4.69) is 20.1 Å². The molecule has 31 heavy (non-hydrogen) atoms. The molecule has 2 heterocycles. The van der Waals surface area contributed by atoms with Crippen molar-refractivity contribution in [1.29, 1.82) is 0 Å². The molecule has 1 amide bonds. The number of aromatic amines is 1. The molecule has 0 saturated heterocycles. The van der Waals surface area contributed by atoms with Crippen molar-refractivity contribution in [2.24, 2.45) is 0 Å². The Balaban J connectivity index is 1.60. The molecule has 1 aliphatic rings. The summed E-state index contributed by atoms with van der Waals surface area (Å²) in [5.41, 5.74) is 2.44. The highest BCUT2D eigenvalue weighted by molar-refractivity contribution is 7.89. The van der Waals surface area contributed by atoms with Gasteiger partial charge in [-0.05, 0) is 44.9 Å². The minimum atomic E-state index is -3.68. The van der Waals surface area contributed by atoms with Crippen LogP contribution in [-0.4, -0.2) is 42.1 Å². The molecule has 0 unspecified atom stereocenters. The number of ether oxygens (including phenoxy) is 1. The lowest BCUT2D eigenvalue weighted by molar-refractivity contribution is -0.115. The minimum Gasteiger partial charge on any atom is -0.495 e. The average Bonchev–Trinajstić information content (AvgIpc) is 3.43.